The van der Waals surface area contributed by atoms with Crippen molar-refractivity contribution in [3.05, 3.63) is 35.4 Å². The maximum atomic E-state index is 12.1. The van der Waals surface area contributed by atoms with Crippen LogP contribution in [0, 0.1) is 0 Å². The first kappa shape index (κ1) is 12.0. The molecule has 1 aliphatic heterocycles. The predicted octanol–water partition coefficient (Wildman–Crippen LogP) is 0.366. The average Bonchev–Trinajstić information content (AvgIpc) is 2.39. The van der Waals surface area contributed by atoms with E-state index in [9.17, 15) is 4.79 Å². The maximum absolute atomic E-state index is 12.1. The van der Waals surface area contributed by atoms with Crippen molar-refractivity contribution in [2.75, 3.05) is 26.2 Å². The van der Waals surface area contributed by atoms with Crippen LogP contribution in [0.3, 0.4) is 0 Å². The summed E-state index contributed by atoms with van der Waals surface area (Å²) in [7, 11) is 0. The third-order valence-corrected chi connectivity index (χ3v) is 3.06. The summed E-state index contributed by atoms with van der Waals surface area (Å²) in [6.45, 7) is 3.24. The van der Waals surface area contributed by atoms with Crippen LogP contribution in [-0.4, -0.2) is 42.0 Å². The van der Waals surface area contributed by atoms with Crippen LogP contribution in [0.2, 0.25) is 0 Å². The SMILES string of the molecule is NC(=S)c1ccc(C(=O)N2CCNCC2)cc1. The van der Waals surface area contributed by atoms with Gasteiger partial charge >= 0.3 is 0 Å². The van der Waals surface area contributed by atoms with E-state index in [0.29, 0.717) is 10.6 Å². The van der Waals surface area contributed by atoms with Crippen LogP contribution < -0.4 is 11.1 Å². The molecule has 0 saturated carbocycles. The van der Waals surface area contributed by atoms with Crippen molar-refractivity contribution in [2.45, 2.75) is 0 Å². The molecule has 0 unspecified atom stereocenters. The largest absolute Gasteiger partial charge is 0.389 e. The van der Waals surface area contributed by atoms with E-state index in [1.54, 1.807) is 24.3 Å². The lowest BCUT2D eigenvalue weighted by atomic mass is 10.1. The standard InChI is InChI=1S/C12H15N3OS/c13-11(17)9-1-3-10(4-2-9)12(16)15-7-5-14-6-8-15/h1-4,14H,5-8H2,(H2,13,17). The second kappa shape index (κ2) is 5.25. The molecule has 1 aromatic rings. The van der Waals surface area contributed by atoms with Crippen molar-refractivity contribution in [1.82, 2.24) is 10.2 Å². The fourth-order valence-electron chi connectivity index (χ4n) is 1.83. The second-order valence-electron chi connectivity index (χ2n) is 3.98. The molecule has 3 N–H and O–H groups in total. The van der Waals surface area contributed by atoms with E-state index >= 15 is 0 Å². The van der Waals surface area contributed by atoms with Crippen molar-refractivity contribution >= 4 is 23.1 Å². The highest BCUT2D eigenvalue weighted by atomic mass is 32.1. The van der Waals surface area contributed by atoms with Gasteiger partial charge < -0.3 is 16.0 Å². The first-order chi connectivity index (χ1) is 8.18. The molecule has 1 fully saturated rings. The molecule has 0 aromatic heterocycles. The summed E-state index contributed by atoms with van der Waals surface area (Å²) in [6.07, 6.45) is 0. The van der Waals surface area contributed by atoms with Crippen molar-refractivity contribution in [3.8, 4) is 0 Å². The maximum Gasteiger partial charge on any atom is 0.253 e. The van der Waals surface area contributed by atoms with Gasteiger partial charge in [-0.15, -0.1) is 0 Å². The Hall–Kier alpha value is -1.46. The van der Waals surface area contributed by atoms with Crippen molar-refractivity contribution in [2.24, 2.45) is 5.73 Å². The predicted molar refractivity (Wildman–Crippen MR) is 71.1 cm³/mol. The molecule has 1 amide bonds. The van der Waals surface area contributed by atoms with Crippen LogP contribution in [-0.2, 0) is 0 Å². The Labute approximate surface area is 106 Å². The molecule has 5 heteroatoms. The highest BCUT2D eigenvalue weighted by molar-refractivity contribution is 7.80. The first-order valence-corrected chi connectivity index (χ1v) is 5.99. The molecule has 1 saturated heterocycles. The molecular weight excluding hydrogens is 234 g/mol. The molecule has 1 heterocycles. The summed E-state index contributed by atoms with van der Waals surface area (Å²) >= 11 is 4.87. The van der Waals surface area contributed by atoms with E-state index in [0.717, 1.165) is 31.7 Å². The van der Waals surface area contributed by atoms with Crippen LogP contribution in [0.1, 0.15) is 15.9 Å². The number of benzene rings is 1. The third kappa shape index (κ3) is 2.81. The highest BCUT2D eigenvalue weighted by Gasteiger charge is 2.17. The molecule has 0 radical (unpaired) electrons. The lowest BCUT2D eigenvalue weighted by Gasteiger charge is -2.27. The van der Waals surface area contributed by atoms with E-state index in [-0.39, 0.29) is 5.91 Å². The summed E-state index contributed by atoms with van der Waals surface area (Å²) in [6, 6.07) is 7.13. The van der Waals surface area contributed by atoms with Gasteiger partial charge in [0.15, 0.2) is 0 Å². The van der Waals surface area contributed by atoms with Gasteiger partial charge in [-0.3, -0.25) is 4.79 Å². The lowest BCUT2D eigenvalue weighted by Crippen LogP contribution is -2.46. The van der Waals surface area contributed by atoms with E-state index in [2.05, 4.69) is 5.32 Å². The van der Waals surface area contributed by atoms with Gasteiger partial charge in [0.05, 0.1) is 0 Å². The number of carbonyl (C=O) groups is 1. The number of rotatable bonds is 2. The van der Waals surface area contributed by atoms with E-state index in [1.807, 2.05) is 4.90 Å². The van der Waals surface area contributed by atoms with Crippen molar-refractivity contribution < 1.29 is 4.79 Å². The Balaban J connectivity index is 2.10. The fourth-order valence-corrected chi connectivity index (χ4v) is 1.96. The number of nitrogens with zero attached hydrogens (tertiary/aromatic N) is 1. The molecule has 17 heavy (non-hydrogen) atoms. The summed E-state index contributed by atoms with van der Waals surface area (Å²) in [5, 5.41) is 3.22. The van der Waals surface area contributed by atoms with Crippen LogP contribution in [0.25, 0.3) is 0 Å². The van der Waals surface area contributed by atoms with E-state index < -0.39 is 0 Å². The molecule has 0 spiro atoms. The van der Waals surface area contributed by atoms with Crippen molar-refractivity contribution in [1.29, 1.82) is 0 Å². The number of amides is 1. The average molecular weight is 249 g/mol. The Kier molecular flexibility index (Phi) is 3.71. The Morgan fingerprint density at radius 2 is 1.71 bits per heavy atom. The minimum atomic E-state index is 0.0704. The molecule has 0 aliphatic carbocycles. The zero-order valence-corrected chi connectivity index (χ0v) is 10.3. The lowest BCUT2D eigenvalue weighted by molar-refractivity contribution is 0.0736. The number of nitrogens with two attached hydrogens (primary N) is 1. The second-order valence-corrected chi connectivity index (χ2v) is 4.42. The monoisotopic (exact) mass is 249 g/mol. The first-order valence-electron chi connectivity index (χ1n) is 5.58. The van der Waals surface area contributed by atoms with Crippen LogP contribution in [0.5, 0.6) is 0 Å². The number of nitrogens with one attached hydrogen (secondary N) is 1. The quantitative estimate of drug-likeness (QED) is 0.743. The molecule has 4 nitrogen and oxygen atoms in total. The van der Waals surface area contributed by atoms with Gasteiger partial charge in [0.2, 0.25) is 0 Å². The minimum Gasteiger partial charge on any atom is -0.389 e. The minimum absolute atomic E-state index is 0.0704. The zero-order valence-electron chi connectivity index (χ0n) is 9.48. The number of hydrogen-bond donors (Lipinski definition) is 2. The van der Waals surface area contributed by atoms with Gasteiger partial charge in [-0.05, 0) is 12.1 Å². The Bertz CT molecular complexity index is 424. The van der Waals surface area contributed by atoms with Crippen LogP contribution in [0.4, 0.5) is 0 Å². The highest BCUT2D eigenvalue weighted by Crippen LogP contribution is 2.08. The Morgan fingerprint density at radius 1 is 1.18 bits per heavy atom. The molecule has 2 rings (SSSR count). The number of hydrogen-bond acceptors (Lipinski definition) is 3. The summed E-state index contributed by atoms with van der Waals surface area (Å²) < 4.78 is 0. The summed E-state index contributed by atoms with van der Waals surface area (Å²) in [4.78, 5) is 14.3. The van der Waals surface area contributed by atoms with E-state index in [1.165, 1.54) is 0 Å². The molecular formula is C12H15N3OS. The summed E-state index contributed by atoms with van der Waals surface area (Å²) in [5.41, 5.74) is 6.99. The van der Waals surface area contributed by atoms with Crippen molar-refractivity contribution in [3.63, 3.8) is 0 Å². The molecule has 1 aliphatic rings. The molecule has 0 bridgehead atoms. The fraction of sp³-hybridized carbons (Fsp3) is 0.333. The molecule has 0 atom stereocenters. The van der Waals surface area contributed by atoms with Gasteiger partial charge in [0.1, 0.15) is 4.99 Å². The number of thiocarbonyl (C=S) groups is 1. The van der Waals surface area contributed by atoms with Gasteiger partial charge in [-0.25, -0.2) is 0 Å². The van der Waals surface area contributed by atoms with Gasteiger partial charge in [0.25, 0.3) is 5.91 Å². The van der Waals surface area contributed by atoms with Crippen LogP contribution in [0.15, 0.2) is 24.3 Å². The third-order valence-electron chi connectivity index (χ3n) is 2.82. The van der Waals surface area contributed by atoms with Gasteiger partial charge in [-0.2, -0.15) is 0 Å². The smallest absolute Gasteiger partial charge is 0.253 e. The zero-order chi connectivity index (χ0) is 12.3. The van der Waals surface area contributed by atoms with Gasteiger partial charge in [-0.1, -0.05) is 24.4 Å². The Morgan fingerprint density at radius 3 is 2.24 bits per heavy atom. The molecule has 90 valence electrons. The van der Waals surface area contributed by atoms with Crippen LogP contribution >= 0.6 is 12.2 Å². The normalized spacial score (nSPS) is 15.6. The van der Waals surface area contributed by atoms with E-state index in [4.69, 9.17) is 18.0 Å². The summed E-state index contributed by atoms with van der Waals surface area (Å²) in [5.74, 6) is 0.0704. The number of piperazine rings is 1. The molecule has 1 aromatic carbocycles. The topological polar surface area (TPSA) is 58.4 Å². The van der Waals surface area contributed by atoms with Gasteiger partial charge in [0, 0.05) is 37.3 Å². The number of carbonyl (C=O) groups excluding carboxylic acids is 1.